The van der Waals surface area contributed by atoms with Crippen LogP contribution in [0.5, 0.6) is 0 Å². The highest BCUT2D eigenvalue weighted by molar-refractivity contribution is 5.76. The highest BCUT2D eigenvalue weighted by Gasteiger charge is 2.21. The van der Waals surface area contributed by atoms with Crippen molar-refractivity contribution in [2.24, 2.45) is 11.8 Å². The summed E-state index contributed by atoms with van der Waals surface area (Å²) in [6, 6.07) is -0.0819. The van der Waals surface area contributed by atoms with E-state index in [1.54, 1.807) is 11.9 Å². The zero-order valence-electron chi connectivity index (χ0n) is 10.6. The molecule has 2 heteroatoms. The van der Waals surface area contributed by atoms with Crippen LogP contribution in [-0.4, -0.2) is 23.9 Å². The second kappa shape index (κ2) is 6.50. The van der Waals surface area contributed by atoms with Gasteiger partial charge in [0.1, 0.15) is 0 Å². The van der Waals surface area contributed by atoms with Gasteiger partial charge in [-0.05, 0) is 11.8 Å². The van der Waals surface area contributed by atoms with Gasteiger partial charge in [-0.1, -0.05) is 40.0 Å². The lowest BCUT2D eigenvalue weighted by Gasteiger charge is -2.27. The number of hydrogen-bond donors (Lipinski definition) is 0. The van der Waals surface area contributed by atoms with Crippen LogP contribution in [0.3, 0.4) is 0 Å². The third kappa shape index (κ3) is 4.38. The molecule has 0 rings (SSSR count). The van der Waals surface area contributed by atoms with Crippen LogP contribution in [0, 0.1) is 24.2 Å². The van der Waals surface area contributed by atoms with E-state index in [4.69, 9.17) is 6.42 Å². The summed E-state index contributed by atoms with van der Waals surface area (Å²) >= 11 is 0. The van der Waals surface area contributed by atoms with E-state index in [1.165, 1.54) is 0 Å². The summed E-state index contributed by atoms with van der Waals surface area (Å²) in [6.07, 6.45) is 7.06. The van der Waals surface area contributed by atoms with Gasteiger partial charge >= 0.3 is 0 Å². The molecule has 15 heavy (non-hydrogen) atoms. The monoisotopic (exact) mass is 209 g/mol. The number of rotatable bonds is 5. The first kappa shape index (κ1) is 14.0. The first-order valence-corrected chi connectivity index (χ1v) is 5.65. The summed E-state index contributed by atoms with van der Waals surface area (Å²) in [6.45, 7) is 8.26. The molecule has 0 spiro atoms. The number of hydrogen-bond acceptors (Lipinski definition) is 1. The molecule has 0 aliphatic heterocycles. The highest BCUT2D eigenvalue weighted by atomic mass is 16.2. The van der Waals surface area contributed by atoms with E-state index in [0.717, 1.165) is 6.42 Å². The summed E-state index contributed by atoms with van der Waals surface area (Å²) in [7, 11) is 1.80. The Morgan fingerprint density at radius 3 is 2.27 bits per heavy atom. The predicted molar refractivity (Wildman–Crippen MR) is 64.3 cm³/mol. The Hall–Kier alpha value is -0.970. The standard InChI is InChI=1S/C13H23NO/c1-7-11(5)9-13(15)14(6)12(8-2)10(3)4/h2,10-12H,7,9H2,1,3-6H3/t11?,12-/m1/s1. The van der Waals surface area contributed by atoms with Crippen molar-refractivity contribution >= 4 is 5.91 Å². The fourth-order valence-corrected chi connectivity index (χ4v) is 1.49. The van der Waals surface area contributed by atoms with Crippen molar-refractivity contribution in [2.75, 3.05) is 7.05 Å². The van der Waals surface area contributed by atoms with Gasteiger partial charge in [0.25, 0.3) is 0 Å². The SMILES string of the molecule is C#C[C@H](C(C)C)N(C)C(=O)CC(C)CC. The van der Waals surface area contributed by atoms with Crippen LogP contribution in [0.25, 0.3) is 0 Å². The fourth-order valence-electron chi connectivity index (χ4n) is 1.49. The van der Waals surface area contributed by atoms with Crippen molar-refractivity contribution in [3.63, 3.8) is 0 Å². The van der Waals surface area contributed by atoms with Crippen LogP contribution in [0.1, 0.15) is 40.5 Å². The lowest BCUT2D eigenvalue weighted by Crippen LogP contribution is -2.39. The second-order valence-electron chi connectivity index (χ2n) is 4.58. The fraction of sp³-hybridized carbons (Fsp3) is 0.769. The molecule has 0 heterocycles. The minimum Gasteiger partial charge on any atom is -0.332 e. The maximum Gasteiger partial charge on any atom is 0.223 e. The van der Waals surface area contributed by atoms with Crippen LogP contribution in [0.4, 0.5) is 0 Å². The average Bonchev–Trinajstić information content (AvgIpc) is 2.17. The lowest BCUT2D eigenvalue weighted by molar-refractivity contribution is -0.132. The van der Waals surface area contributed by atoms with Gasteiger partial charge in [-0.3, -0.25) is 4.79 Å². The molecule has 0 aromatic carbocycles. The van der Waals surface area contributed by atoms with Crippen molar-refractivity contribution < 1.29 is 4.79 Å². The molecule has 0 aliphatic carbocycles. The van der Waals surface area contributed by atoms with Gasteiger partial charge in [0.15, 0.2) is 0 Å². The van der Waals surface area contributed by atoms with Crippen LogP contribution in [0.15, 0.2) is 0 Å². The van der Waals surface area contributed by atoms with Crippen molar-refractivity contribution in [3.05, 3.63) is 0 Å². The van der Waals surface area contributed by atoms with E-state index < -0.39 is 0 Å². The number of carbonyl (C=O) groups is 1. The van der Waals surface area contributed by atoms with Crippen molar-refractivity contribution in [1.29, 1.82) is 0 Å². The topological polar surface area (TPSA) is 20.3 Å². The normalized spacial score (nSPS) is 14.5. The lowest BCUT2D eigenvalue weighted by atomic mass is 10.0. The summed E-state index contributed by atoms with van der Waals surface area (Å²) in [5.41, 5.74) is 0. The molecule has 2 nitrogen and oxygen atoms in total. The Morgan fingerprint density at radius 1 is 1.40 bits per heavy atom. The summed E-state index contributed by atoms with van der Waals surface area (Å²) in [4.78, 5) is 13.6. The zero-order chi connectivity index (χ0) is 12.0. The van der Waals surface area contributed by atoms with Gasteiger partial charge in [0.2, 0.25) is 5.91 Å². The Kier molecular flexibility index (Phi) is 6.08. The third-order valence-corrected chi connectivity index (χ3v) is 2.83. The van der Waals surface area contributed by atoms with Crippen LogP contribution < -0.4 is 0 Å². The van der Waals surface area contributed by atoms with E-state index in [0.29, 0.717) is 18.3 Å². The molecular weight excluding hydrogens is 186 g/mol. The molecule has 0 saturated heterocycles. The molecule has 0 N–H and O–H groups in total. The van der Waals surface area contributed by atoms with E-state index in [-0.39, 0.29) is 11.9 Å². The van der Waals surface area contributed by atoms with Crippen molar-refractivity contribution in [1.82, 2.24) is 4.90 Å². The van der Waals surface area contributed by atoms with Gasteiger partial charge in [-0.2, -0.15) is 0 Å². The van der Waals surface area contributed by atoms with Gasteiger partial charge in [-0.15, -0.1) is 6.42 Å². The maximum absolute atomic E-state index is 11.8. The highest BCUT2D eigenvalue weighted by Crippen LogP contribution is 2.13. The number of nitrogens with zero attached hydrogens (tertiary/aromatic N) is 1. The zero-order valence-corrected chi connectivity index (χ0v) is 10.6. The molecule has 0 aromatic rings. The van der Waals surface area contributed by atoms with Gasteiger partial charge in [0.05, 0.1) is 6.04 Å². The first-order chi connectivity index (χ1) is 6.93. The predicted octanol–water partition coefficient (Wildman–Crippen LogP) is 2.54. The van der Waals surface area contributed by atoms with Gasteiger partial charge < -0.3 is 4.90 Å². The van der Waals surface area contributed by atoms with Crippen molar-refractivity contribution in [2.45, 2.75) is 46.6 Å². The van der Waals surface area contributed by atoms with Crippen LogP contribution in [-0.2, 0) is 4.79 Å². The van der Waals surface area contributed by atoms with E-state index in [2.05, 4.69) is 19.8 Å². The Balaban J connectivity index is 4.37. The molecule has 1 unspecified atom stereocenters. The smallest absolute Gasteiger partial charge is 0.223 e. The summed E-state index contributed by atoms with van der Waals surface area (Å²) in [5, 5.41) is 0. The van der Waals surface area contributed by atoms with E-state index in [1.807, 2.05) is 13.8 Å². The third-order valence-electron chi connectivity index (χ3n) is 2.83. The average molecular weight is 209 g/mol. The molecule has 0 aliphatic rings. The Bertz CT molecular complexity index is 239. The van der Waals surface area contributed by atoms with E-state index in [9.17, 15) is 4.79 Å². The van der Waals surface area contributed by atoms with Gasteiger partial charge in [-0.25, -0.2) is 0 Å². The molecule has 0 bridgehead atoms. The summed E-state index contributed by atoms with van der Waals surface area (Å²) in [5.74, 6) is 3.57. The second-order valence-corrected chi connectivity index (χ2v) is 4.58. The largest absolute Gasteiger partial charge is 0.332 e. The molecule has 0 radical (unpaired) electrons. The first-order valence-electron chi connectivity index (χ1n) is 5.65. The molecule has 2 atom stereocenters. The maximum atomic E-state index is 11.8. The van der Waals surface area contributed by atoms with Gasteiger partial charge in [0, 0.05) is 13.5 Å². The molecule has 1 amide bonds. The Labute approximate surface area is 94.0 Å². The minimum absolute atomic E-state index is 0.0819. The molecule has 0 fully saturated rings. The molecule has 0 saturated carbocycles. The summed E-state index contributed by atoms with van der Waals surface area (Å²) < 4.78 is 0. The number of amides is 1. The molecular formula is C13H23NO. The van der Waals surface area contributed by atoms with Crippen LogP contribution in [0.2, 0.25) is 0 Å². The van der Waals surface area contributed by atoms with Crippen molar-refractivity contribution in [3.8, 4) is 12.3 Å². The quantitative estimate of drug-likeness (QED) is 0.637. The molecule has 86 valence electrons. The minimum atomic E-state index is -0.0819. The Morgan fingerprint density at radius 2 is 1.93 bits per heavy atom. The number of carbonyl (C=O) groups excluding carboxylic acids is 1. The number of terminal acetylenes is 1. The molecule has 0 aromatic heterocycles. The van der Waals surface area contributed by atoms with Crippen LogP contribution >= 0.6 is 0 Å². The van der Waals surface area contributed by atoms with E-state index >= 15 is 0 Å².